The van der Waals surface area contributed by atoms with Crippen molar-refractivity contribution in [2.24, 2.45) is 0 Å². The summed E-state index contributed by atoms with van der Waals surface area (Å²) >= 11 is 1.49. The Morgan fingerprint density at radius 2 is 2.06 bits per heavy atom. The molecule has 2 aliphatic heterocycles. The molecule has 0 saturated carbocycles. The fourth-order valence-electron chi connectivity index (χ4n) is 4.07. The maximum absolute atomic E-state index is 13.0. The molecule has 4 heterocycles. The van der Waals surface area contributed by atoms with Crippen molar-refractivity contribution in [3.8, 4) is 5.75 Å². The van der Waals surface area contributed by atoms with Crippen molar-refractivity contribution in [2.45, 2.75) is 26.1 Å². The predicted molar refractivity (Wildman–Crippen MR) is 129 cm³/mol. The zero-order chi connectivity index (χ0) is 24.4. The minimum Gasteiger partial charge on any atom is -0.465 e. The lowest BCUT2D eigenvalue weighted by molar-refractivity contribution is -0.128. The van der Waals surface area contributed by atoms with E-state index < -0.39 is 12.1 Å². The Balaban J connectivity index is 1.25. The molecule has 0 aliphatic carbocycles. The van der Waals surface area contributed by atoms with Crippen molar-refractivity contribution in [3.63, 3.8) is 0 Å². The third-order valence-electron chi connectivity index (χ3n) is 5.72. The molecule has 1 aromatic carbocycles. The lowest BCUT2D eigenvalue weighted by Gasteiger charge is -2.28. The average molecular weight is 494 g/mol. The van der Waals surface area contributed by atoms with E-state index in [9.17, 15) is 14.4 Å². The molecule has 35 heavy (non-hydrogen) atoms. The van der Waals surface area contributed by atoms with E-state index in [4.69, 9.17) is 13.9 Å². The summed E-state index contributed by atoms with van der Waals surface area (Å²) in [4.78, 5) is 39.7. The number of amides is 2. The number of esters is 1. The minimum atomic E-state index is -0.524. The number of ether oxygens (including phenoxy) is 2. The second-order valence-corrected chi connectivity index (χ2v) is 9.07. The molecule has 0 saturated heterocycles. The summed E-state index contributed by atoms with van der Waals surface area (Å²) in [7, 11) is 0. The van der Waals surface area contributed by atoms with Crippen LogP contribution >= 0.6 is 11.3 Å². The van der Waals surface area contributed by atoms with Gasteiger partial charge in [-0.05, 0) is 54.8 Å². The van der Waals surface area contributed by atoms with Crippen LogP contribution in [-0.2, 0) is 22.5 Å². The highest BCUT2D eigenvalue weighted by Gasteiger charge is 2.34. The van der Waals surface area contributed by atoms with Crippen molar-refractivity contribution in [1.29, 1.82) is 0 Å². The first-order valence-electron chi connectivity index (χ1n) is 11.2. The maximum Gasteiger partial charge on any atom is 0.410 e. The van der Waals surface area contributed by atoms with Crippen LogP contribution in [-0.4, -0.2) is 36.0 Å². The molecule has 10 heteroatoms. The van der Waals surface area contributed by atoms with Crippen molar-refractivity contribution >= 4 is 40.4 Å². The van der Waals surface area contributed by atoms with Gasteiger partial charge < -0.3 is 29.4 Å². The van der Waals surface area contributed by atoms with Gasteiger partial charge in [0.1, 0.15) is 22.7 Å². The number of nitrogens with zero attached hydrogens (tertiary/aromatic N) is 1. The van der Waals surface area contributed by atoms with Gasteiger partial charge >= 0.3 is 12.1 Å². The number of nitrogens with one attached hydrogen (secondary N) is 2. The first-order valence-corrected chi connectivity index (χ1v) is 12.0. The summed E-state index contributed by atoms with van der Waals surface area (Å²) in [6, 6.07) is 10.4. The lowest BCUT2D eigenvalue weighted by atomic mass is 10.0. The molecule has 9 nitrogen and oxygen atoms in total. The topological polar surface area (TPSA) is 110 Å². The van der Waals surface area contributed by atoms with E-state index in [-0.39, 0.29) is 12.0 Å². The molecule has 2 aliphatic rings. The Labute approximate surface area is 205 Å². The summed E-state index contributed by atoms with van der Waals surface area (Å²) in [6.07, 6.45) is 4.18. The fraction of sp³-hybridized carbons (Fsp3) is 0.240. The Bertz CT molecular complexity index is 1280. The van der Waals surface area contributed by atoms with Gasteiger partial charge in [0, 0.05) is 17.5 Å². The number of furan rings is 1. The Morgan fingerprint density at radius 1 is 1.23 bits per heavy atom. The van der Waals surface area contributed by atoms with E-state index >= 15 is 0 Å². The first-order chi connectivity index (χ1) is 17.0. The minimum absolute atomic E-state index is 0.149. The second kappa shape index (κ2) is 9.67. The maximum atomic E-state index is 13.0. The van der Waals surface area contributed by atoms with Gasteiger partial charge in [-0.2, -0.15) is 0 Å². The van der Waals surface area contributed by atoms with Crippen LogP contribution in [0.1, 0.15) is 45.2 Å². The van der Waals surface area contributed by atoms with Crippen LogP contribution in [0.25, 0.3) is 6.08 Å². The van der Waals surface area contributed by atoms with Crippen LogP contribution in [0.2, 0.25) is 0 Å². The van der Waals surface area contributed by atoms with Gasteiger partial charge in [0.05, 0.1) is 25.0 Å². The Hall–Kier alpha value is -4.05. The van der Waals surface area contributed by atoms with E-state index in [1.807, 2.05) is 0 Å². The van der Waals surface area contributed by atoms with Gasteiger partial charge in [0.15, 0.2) is 0 Å². The molecule has 0 bridgehead atoms. The standard InChI is InChI=1S/C25H23N3O6S/c1-2-32-25(31)28-12-11-18-19(14-28)35-24-21(18)23(30)26-22(27-24)15-5-7-17(8-6-15)34-20(29)10-9-16-4-3-13-33-16/h3-10,13,22,27H,2,11-12,14H2,1H3,(H,26,30). The number of fused-ring (bicyclic) bond motifs is 3. The molecule has 1 unspecified atom stereocenters. The van der Waals surface area contributed by atoms with Gasteiger partial charge in [0.2, 0.25) is 0 Å². The largest absolute Gasteiger partial charge is 0.465 e. The number of benzene rings is 1. The van der Waals surface area contributed by atoms with E-state index in [0.717, 1.165) is 21.0 Å². The van der Waals surface area contributed by atoms with Crippen molar-refractivity contribution in [1.82, 2.24) is 10.2 Å². The summed E-state index contributed by atoms with van der Waals surface area (Å²) in [6.45, 7) is 3.05. The molecule has 0 spiro atoms. The summed E-state index contributed by atoms with van der Waals surface area (Å²) in [5.74, 6) is 0.268. The lowest BCUT2D eigenvalue weighted by Crippen LogP contribution is -2.39. The highest BCUT2D eigenvalue weighted by Crippen LogP contribution is 2.41. The van der Waals surface area contributed by atoms with Crippen LogP contribution in [0.3, 0.4) is 0 Å². The smallest absolute Gasteiger partial charge is 0.410 e. The summed E-state index contributed by atoms with van der Waals surface area (Å²) < 4.78 is 15.6. The summed E-state index contributed by atoms with van der Waals surface area (Å²) in [5, 5.41) is 7.17. The predicted octanol–water partition coefficient (Wildman–Crippen LogP) is 4.33. The Kier molecular flexibility index (Phi) is 6.28. The molecule has 180 valence electrons. The molecule has 2 N–H and O–H groups in total. The first kappa shape index (κ1) is 22.7. The average Bonchev–Trinajstić information content (AvgIpc) is 3.50. The molecule has 1 atom stereocenters. The van der Waals surface area contributed by atoms with Crippen LogP contribution < -0.4 is 15.4 Å². The highest BCUT2D eigenvalue weighted by atomic mass is 32.1. The number of carbonyl (C=O) groups is 3. The van der Waals surface area contributed by atoms with Crippen LogP contribution in [0.4, 0.5) is 9.80 Å². The zero-order valence-electron chi connectivity index (χ0n) is 18.9. The number of anilines is 1. The van der Waals surface area contributed by atoms with Gasteiger partial charge in [0.25, 0.3) is 5.91 Å². The SMILES string of the molecule is CCOC(=O)N1CCc2c(sc3c2C(=O)NC(c2ccc(OC(=O)C=Cc4ccco4)cc2)N3)C1. The van der Waals surface area contributed by atoms with Gasteiger partial charge in [-0.25, -0.2) is 9.59 Å². The van der Waals surface area contributed by atoms with Gasteiger partial charge in [-0.15, -0.1) is 11.3 Å². The van der Waals surface area contributed by atoms with Crippen LogP contribution in [0.5, 0.6) is 5.75 Å². The fourth-order valence-corrected chi connectivity index (χ4v) is 5.36. The molecule has 2 aromatic heterocycles. The zero-order valence-corrected chi connectivity index (χ0v) is 19.7. The third-order valence-corrected chi connectivity index (χ3v) is 6.87. The van der Waals surface area contributed by atoms with E-state index in [0.29, 0.717) is 43.2 Å². The Morgan fingerprint density at radius 3 is 2.80 bits per heavy atom. The van der Waals surface area contributed by atoms with Crippen molar-refractivity contribution < 1.29 is 28.3 Å². The second-order valence-electron chi connectivity index (χ2n) is 7.97. The normalized spacial score (nSPS) is 16.8. The molecule has 5 rings (SSSR count). The van der Waals surface area contributed by atoms with Crippen LogP contribution in [0.15, 0.2) is 53.2 Å². The van der Waals surface area contributed by atoms with Crippen molar-refractivity contribution in [3.05, 3.63) is 76.1 Å². The van der Waals surface area contributed by atoms with Gasteiger partial charge in [-0.1, -0.05) is 12.1 Å². The third kappa shape index (κ3) is 4.78. The van der Waals surface area contributed by atoms with Gasteiger partial charge in [-0.3, -0.25) is 4.79 Å². The molecule has 3 aromatic rings. The highest BCUT2D eigenvalue weighted by molar-refractivity contribution is 7.16. The summed E-state index contributed by atoms with van der Waals surface area (Å²) in [5.41, 5.74) is 2.45. The molecule has 2 amide bonds. The number of rotatable bonds is 5. The van der Waals surface area contributed by atoms with E-state index in [1.165, 1.54) is 29.8 Å². The van der Waals surface area contributed by atoms with Crippen molar-refractivity contribution in [2.75, 3.05) is 18.5 Å². The van der Waals surface area contributed by atoms with E-state index in [1.54, 1.807) is 48.2 Å². The van der Waals surface area contributed by atoms with Crippen LogP contribution in [0, 0.1) is 0 Å². The molecule has 0 radical (unpaired) electrons. The van der Waals surface area contributed by atoms with E-state index in [2.05, 4.69) is 10.6 Å². The number of hydrogen-bond donors (Lipinski definition) is 2. The molecular weight excluding hydrogens is 470 g/mol. The number of carbonyl (C=O) groups excluding carboxylic acids is 3. The quantitative estimate of drug-likeness (QED) is 0.309. The molecule has 0 fully saturated rings. The molecular formula is C25H23N3O6S. The number of thiophene rings is 1. The number of hydrogen-bond acceptors (Lipinski definition) is 8. The monoisotopic (exact) mass is 493 g/mol.